The summed E-state index contributed by atoms with van der Waals surface area (Å²) < 4.78 is 37.8. The maximum Gasteiger partial charge on any atom is 0.272 e. The Balaban J connectivity index is 2.25. The van der Waals surface area contributed by atoms with E-state index in [4.69, 9.17) is 14.3 Å². The van der Waals surface area contributed by atoms with E-state index in [1.807, 2.05) is 20.8 Å². The van der Waals surface area contributed by atoms with Crippen molar-refractivity contribution in [2.75, 3.05) is 7.11 Å². The van der Waals surface area contributed by atoms with Crippen LogP contribution in [0.15, 0.2) is 77.9 Å². The highest BCUT2D eigenvalue weighted by molar-refractivity contribution is 7.89. The van der Waals surface area contributed by atoms with Crippen molar-refractivity contribution in [1.82, 2.24) is 4.89 Å². The molecular formula is C27H28N2O5S. The number of nitrogens with zero attached hydrogens (tertiary/aromatic N) is 1. The van der Waals surface area contributed by atoms with Crippen molar-refractivity contribution in [2.45, 2.75) is 38.0 Å². The van der Waals surface area contributed by atoms with Crippen molar-refractivity contribution in [1.29, 1.82) is 5.26 Å². The lowest BCUT2D eigenvalue weighted by atomic mass is 9.85. The molecule has 0 aliphatic carbocycles. The van der Waals surface area contributed by atoms with Crippen molar-refractivity contribution < 1.29 is 22.7 Å². The van der Waals surface area contributed by atoms with E-state index in [1.165, 1.54) is 12.3 Å². The number of methoxy groups -OCH3 is 1. The highest BCUT2D eigenvalue weighted by Crippen LogP contribution is 2.40. The summed E-state index contributed by atoms with van der Waals surface area (Å²) in [5.74, 6) is 1.50. The molecule has 0 spiro atoms. The second-order valence-electron chi connectivity index (χ2n) is 8.74. The van der Waals surface area contributed by atoms with Gasteiger partial charge in [0.15, 0.2) is 0 Å². The van der Waals surface area contributed by atoms with Crippen LogP contribution in [-0.2, 0) is 20.3 Å². The molecule has 0 bridgehead atoms. The van der Waals surface area contributed by atoms with Crippen LogP contribution in [0.1, 0.15) is 38.8 Å². The van der Waals surface area contributed by atoms with Crippen LogP contribution >= 0.6 is 0 Å². The summed E-state index contributed by atoms with van der Waals surface area (Å²) in [6, 6.07) is 19.2. The standard InChI is InChI=1S/C27H28N2O5S/c1-6-14-33-29-35(30,31)26-13-11-20(27(2,3)4)16-24(26)23-15-19(18-28)10-12-25(23)34-22-9-7-8-21(17-22)32-5/h6-17,29H,1-5H3. The van der Waals surface area contributed by atoms with Crippen molar-refractivity contribution in [3.63, 3.8) is 0 Å². The van der Waals surface area contributed by atoms with E-state index < -0.39 is 10.0 Å². The Bertz CT molecular complexity index is 1380. The number of benzene rings is 3. The second kappa shape index (κ2) is 10.6. The molecule has 0 aliphatic rings. The van der Waals surface area contributed by atoms with Crippen LogP contribution in [0.2, 0.25) is 0 Å². The van der Waals surface area contributed by atoms with Gasteiger partial charge in [-0.05, 0) is 65.3 Å². The number of rotatable bonds is 8. The quantitative estimate of drug-likeness (QED) is 0.303. The lowest BCUT2D eigenvalue weighted by Crippen LogP contribution is -2.23. The molecule has 182 valence electrons. The Morgan fingerprint density at radius 2 is 1.71 bits per heavy atom. The van der Waals surface area contributed by atoms with Gasteiger partial charge in [-0.15, -0.1) is 0 Å². The van der Waals surface area contributed by atoms with Gasteiger partial charge in [0.25, 0.3) is 10.0 Å². The predicted molar refractivity (Wildman–Crippen MR) is 135 cm³/mol. The minimum atomic E-state index is -4.08. The molecule has 0 unspecified atom stereocenters. The van der Waals surface area contributed by atoms with Crippen LogP contribution in [-0.4, -0.2) is 15.5 Å². The summed E-state index contributed by atoms with van der Waals surface area (Å²) in [5.41, 5.74) is 1.84. The zero-order valence-corrected chi connectivity index (χ0v) is 21.1. The highest BCUT2D eigenvalue weighted by atomic mass is 32.2. The molecule has 0 heterocycles. The molecule has 8 heteroatoms. The van der Waals surface area contributed by atoms with Gasteiger partial charge in [0.2, 0.25) is 0 Å². The van der Waals surface area contributed by atoms with Gasteiger partial charge < -0.3 is 14.3 Å². The molecule has 0 atom stereocenters. The Kier molecular flexibility index (Phi) is 7.85. The number of nitrogens with one attached hydrogen (secondary N) is 1. The highest BCUT2D eigenvalue weighted by Gasteiger charge is 2.25. The van der Waals surface area contributed by atoms with Crippen LogP contribution in [0.4, 0.5) is 0 Å². The van der Waals surface area contributed by atoms with Crippen LogP contribution in [0.25, 0.3) is 11.1 Å². The van der Waals surface area contributed by atoms with Crippen LogP contribution in [0, 0.1) is 11.3 Å². The third-order valence-corrected chi connectivity index (χ3v) is 6.42. The van der Waals surface area contributed by atoms with Gasteiger partial charge in [0.05, 0.1) is 23.6 Å². The van der Waals surface area contributed by atoms with E-state index in [2.05, 4.69) is 11.0 Å². The molecule has 0 saturated carbocycles. The molecule has 0 fully saturated rings. The van der Waals surface area contributed by atoms with E-state index in [-0.39, 0.29) is 10.3 Å². The van der Waals surface area contributed by atoms with Crippen molar-refractivity contribution in [2.24, 2.45) is 0 Å². The summed E-state index contributed by atoms with van der Waals surface area (Å²) in [5, 5.41) is 9.55. The maximum absolute atomic E-state index is 13.2. The first-order chi connectivity index (χ1) is 16.6. The summed E-state index contributed by atoms with van der Waals surface area (Å²) in [4.78, 5) is 7.08. The van der Waals surface area contributed by atoms with Crippen LogP contribution in [0.3, 0.4) is 0 Å². The Morgan fingerprint density at radius 1 is 0.971 bits per heavy atom. The fraction of sp³-hybridized carbons (Fsp3) is 0.222. The lowest BCUT2D eigenvalue weighted by molar-refractivity contribution is 0.201. The predicted octanol–water partition coefficient (Wildman–Crippen LogP) is 6.07. The molecule has 3 aromatic rings. The molecule has 3 rings (SSSR count). The van der Waals surface area contributed by atoms with E-state index in [0.29, 0.717) is 33.9 Å². The molecule has 0 aromatic heterocycles. The summed E-state index contributed by atoms with van der Waals surface area (Å²) >= 11 is 0. The fourth-order valence-corrected chi connectivity index (χ4v) is 4.31. The Labute approximate surface area is 206 Å². The number of nitriles is 1. The largest absolute Gasteiger partial charge is 0.497 e. The first-order valence-corrected chi connectivity index (χ1v) is 12.4. The molecule has 35 heavy (non-hydrogen) atoms. The molecule has 0 amide bonds. The molecule has 7 nitrogen and oxygen atoms in total. The molecule has 0 saturated heterocycles. The third kappa shape index (κ3) is 6.21. The average Bonchev–Trinajstić information content (AvgIpc) is 2.83. The van der Waals surface area contributed by atoms with E-state index >= 15 is 0 Å². The monoisotopic (exact) mass is 492 g/mol. The SMILES string of the molecule is CC=CONS(=O)(=O)c1ccc(C(C)(C)C)cc1-c1cc(C#N)ccc1Oc1cccc(OC)c1. The maximum atomic E-state index is 13.2. The van der Waals surface area contributed by atoms with E-state index in [0.717, 1.165) is 5.56 Å². The van der Waals surface area contributed by atoms with Crippen LogP contribution in [0.5, 0.6) is 17.2 Å². The number of allylic oxidation sites excluding steroid dienone is 1. The minimum Gasteiger partial charge on any atom is -0.497 e. The number of sulfonamides is 1. The lowest BCUT2D eigenvalue weighted by Gasteiger charge is -2.22. The van der Waals surface area contributed by atoms with Crippen molar-refractivity contribution in [3.05, 3.63) is 84.1 Å². The van der Waals surface area contributed by atoms with Gasteiger partial charge in [-0.3, -0.25) is 0 Å². The number of hydrogen-bond donors (Lipinski definition) is 1. The normalized spacial score (nSPS) is 11.8. The summed E-state index contributed by atoms with van der Waals surface area (Å²) in [6.45, 7) is 7.81. The zero-order valence-electron chi connectivity index (χ0n) is 20.3. The summed E-state index contributed by atoms with van der Waals surface area (Å²) in [6.07, 6.45) is 2.79. The first-order valence-electron chi connectivity index (χ1n) is 10.9. The Hall–Kier alpha value is -3.80. The van der Waals surface area contributed by atoms with E-state index in [9.17, 15) is 13.7 Å². The molecular weight excluding hydrogens is 464 g/mol. The molecule has 1 N–H and O–H groups in total. The van der Waals surface area contributed by atoms with Crippen molar-refractivity contribution in [3.8, 4) is 34.4 Å². The van der Waals surface area contributed by atoms with Gasteiger partial charge in [-0.25, -0.2) is 8.42 Å². The van der Waals surface area contributed by atoms with Crippen LogP contribution < -0.4 is 14.4 Å². The van der Waals surface area contributed by atoms with E-state index in [1.54, 1.807) is 74.7 Å². The topological polar surface area (TPSA) is 97.7 Å². The number of ether oxygens (including phenoxy) is 2. The average molecular weight is 493 g/mol. The van der Waals surface area contributed by atoms with Gasteiger partial charge in [0.1, 0.15) is 23.5 Å². The molecule has 3 aromatic carbocycles. The Morgan fingerprint density at radius 3 is 2.37 bits per heavy atom. The summed E-state index contributed by atoms with van der Waals surface area (Å²) in [7, 11) is -2.52. The smallest absolute Gasteiger partial charge is 0.272 e. The zero-order chi connectivity index (χ0) is 25.6. The minimum absolute atomic E-state index is 0.0133. The van der Waals surface area contributed by atoms with Gasteiger partial charge in [-0.1, -0.05) is 39.0 Å². The van der Waals surface area contributed by atoms with Crippen molar-refractivity contribution >= 4 is 10.0 Å². The van der Waals surface area contributed by atoms with Gasteiger partial charge >= 0.3 is 0 Å². The van der Waals surface area contributed by atoms with Gasteiger partial charge in [-0.2, -0.15) is 5.26 Å². The number of hydrogen-bond acceptors (Lipinski definition) is 6. The third-order valence-electron chi connectivity index (χ3n) is 5.16. The second-order valence-corrected chi connectivity index (χ2v) is 10.4. The molecule has 0 aliphatic heterocycles. The van der Waals surface area contributed by atoms with Gasteiger partial charge in [0, 0.05) is 17.2 Å². The molecule has 0 radical (unpaired) electrons. The fourth-order valence-electron chi connectivity index (χ4n) is 3.34. The first kappa shape index (κ1) is 25.8.